The van der Waals surface area contributed by atoms with Crippen molar-refractivity contribution in [3.8, 4) is 0 Å². The van der Waals surface area contributed by atoms with E-state index in [1.54, 1.807) is 0 Å². The number of carbonyl (C=O) groups excluding carboxylic acids is 1. The van der Waals surface area contributed by atoms with Gasteiger partial charge in [-0.05, 0) is 22.6 Å². The first-order chi connectivity index (χ1) is 8.09. The summed E-state index contributed by atoms with van der Waals surface area (Å²) in [5.41, 5.74) is 11.4. The van der Waals surface area contributed by atoms with Crippen LogP contribution in [0.15, 0.2) is 12.5 Å². The summed E-state index contributed by atoms with van der Waals surface area (Å²) in [7, 11) is 0. The number of ether oxygens (including phenoxy) is 1. The molecule has 4 N–H and O–H groups in total. The molecular weight excluding hydrogens is 337 g/mol. The van der Waals surface area contributed by atoms with Gasteiger partial charge in [-0.3, -0.25) is 0 Å². The molecule has 0 aliphatic heterocycles. The number of hydrogen-bond donors (Lipinski definition) is 2. The summed E-state index contributed by atoms with van der Waals surface area (Å²) in [6.07, 6.45) is 2.49. The van der Waals surface area contributed by atoms with Gasteiger partial charge in [-0.25, -0.2) is 14.8 Å². The van der Waals surface area contributed by atoms with E-state index >= 15 is 0 Å². The molecule has 0 radical (unpaired) electrons. The second-order valence-electron chi connectivity index (χ2n) is 3.30. The molecule has 0 aliphatic rings. The number of carbonyl (C=O) groups is 1. The first-order valence-electron chi connectivity index (χ1n) is 4.76. The van der Waals surface area contributed by atoms with Gasteiger partial charge in [0, 0.05) is 9.77 Å². The summed E-state index contributed by atoms with van der Waals surface area (Å²) in [4.78, 5) is 18.5. The van der Waals surface area contributed by atoms with E-state index in [1.807, 2.05) is 10.8 Å². The van der Waals surface area contributed by atoms with Crippen LogP contribution in [0.25, 0.3) is 11.0 Å². The third-order valence-electron chi connectivity index (χ3n) is 2.21. The van der Waals surface area contributed by atoms with Gasteiger partial charge in [0.1, 0.15) is 24.4 Å². The highest BCUT2D eigenvalue weighted by molar-refractivity contribution is 14.1. The van der Waals surface area contributed by atoms with Crippen molar-refractivity contribution in [2.75, 3.05) is 12.3 Å². The SMILES string of the molecule is NC(=O)OCCn1cc(I)c2c(N)ncnc21. The van der Waals surface area contributed by atoms with Crippen LogP contribution in [0.5, 0.6) is 0 Å². The Morgan fingerprint density at radius 1 is 1.53 bits per heavy atom. The van der Waals surface area contributed by atoms with Gasteiger partial charge in [-0.2, -0.15) is 0 Å². The predicted molar refractivity (Wildman–Crippen MR) is 70.2 cm³/mol. The van der Waals surface area contributed by atoms with E-state index in [9.17, 15) is 4.79 Å². The maximum atomic E-state index is 10.5. The van der Waals surface area contributed by atoms with Crippen LogP contribution in [-0.4, -0.2) is 27.2 Å². The molecule has 0 atom stereocenters. The van der Waals surface area contributed by atoms with Crippen LogP contribution in [0.2, 0.25) is 0 Å². The van der Waals surface area contributed by atoms with E-state index in [0.717, 1.165) is 14.6 Å². The predicted octanol–water partition coefficient (Wildman–Crippen LogP) is 0.713. The Bertz CT molecular complexity index is 568. The maximum absolute atomic E-state index is 10.5. The fourth-order valence-electron chi connectivity index (χ4n) is 1.51. The van der Waals surface area contributed by atoms with Crippen LogP contribution in [0.3, 0.4) is 0 Å². The molecule has 0 unspecified atom stereocenters. The lowest BCUT2D eigenvalue weighted by Crippen LogP contribution is -2.16. The van der Waals surface area contributed by atoms with E-state index in [4.69, 9.17) is 11.5 Å². The van der Waals surface area contributed by atoms with Gasteiger partial charge in [0.15, 0.2) is 0 Å². The van der Waals surface area contributed by atoms with Crippen molar-refractivity contribution >= 4 is 45.5 Å². The van der Waals surface area contributed by atoms with Gasteiger partial charge in [-0.15, -0.1) is 0 Å². The highest BCUT2D eigenvalue weighted by Crippen LogP contribution is 2.24. The number of anilines is 1. The van der Waals surface area contributed by atoms with Gasteiger partial charge in [-0.1, -0.05) is 0 Å². The van der Waals surface area contributed by atoms with E-state index in [-0.39, 0.29) is 6.61 Å². The van der Waals surface area contributed by atoms with Crippen LogP contribution in [0.4, 0.5) is 10.6 Å². The van der Waals surface area contributed by atoms with Crippen molar-refractivity contribution in [1.29, 1.82) is 0 Å². The largest absolute Gasteiger partial charge is 0.448 e. The normalized spacial score (nSPS) is 10.6. The molecule has 0 spiro atoms. The van der Waals surface area contributed by atoms with Crippen molar-refractivity contribution in [3.63, 3.8) is 0 Å². The Hall–Kier alpha value is -1.58. The van der Waals surface area contributed by atoms with Crippen LogP contribution in [0, 0.1) is 3.57 Å². The molecule has 2 aromatic rings. The zero-order valence-electron chi connectivity index (χ0n) is 8.76. The number of nitrogen functional groups attached to an aromatic ring is 1. The van der Waals surface area contributed by atoms with Gasteiger partial charge in [0.05, 0.1) is 11.9 Å². The minimum Gasteiger partial charge on any atom is -0.448 e. The number of halogens is 1. The van der Waals surface area contributed by atoms with Gasteiger partial charge < -0.3 is 20.8 Å². The third-order valence-corrected chi connectivity index (χ3v) is 3.03. The molecule has 2 aromatic heterocycles. The van der Waals surface area contributed by atoms with E-state index in [1.165, 1.54) is 6.33 Å². The molecule has 1 amide bonds. The molecule has 2 rings (SSSR count). The molecule has 8 heteroatoms. The Balaban J connectivity index is 2.29. The fourth-order valence-corrected chi connectivity index (χ4v) is 2.37. The maximum Gasteiger partial charge on any atom is 0.404 e. The molecule has 0 bridgehead atoms. The lowest BCUT2D eigenvalue weighted by atomic mass is 10.4. The highest BCUT2D eigenvalue weighted by atomic mass is 127. The first kappa shape index (κ1) is 11.9. The lowest BCUT2D eigenvalue weighted by molar-refractivity contribution is 0.153. The summed E-state index contributed by atoms with van der Waals surface area (Å²) in [6, 6.07) is 0. The molecule has 0 aromatic carbocycles. The minimum atomic E-state index is -0.787. The fraction of sp³-hybridized carbons (Fsp3) is 0.222. The van der Waals surface area contributed by atoms with Gasteiger partial charge in [0.2, 0.25) is 0 Å². The number of rotatable bonds is 3. The molecule has 0 saturated carbocycles. The van der Waals surface area contributed by atoms with Gasteiger partial charge >= 0.3 is 6.09 Å². The number of aromatic nitrogens is 3. The van der Waals surface area contributed by atoms with Crippen LogP contribution in [0.1, 0.15) is 0 Å². The Kier molecular flexibility index (Phi) is 3.31. The van der Waals surface area contributed by atoms with E-state index < -0.39 is 6.09 Å². The molecule has 0 fully saturated rings. The van der Waals surface area contributed by atoms with Gasteiger partial charge in [0.25, 0.3) is 0 Å². The van der Waals surface area contributed by atoms with Crippen LogP contribution < -0.4 is 11.5 Å². The highest BCUT2D eigenvalue weighted by Gasteiger charge is 2.11. The topological polar surface area (TPSA) is 109 Å². The smallest absolute Gasteiger partial charge is 0.404 e. The number of primary amides is 1. The monoisotopic (exact) mass is 347 g/mol. The average Bonchev–Trinajstić information content (AvgIpc) is 2.57. The van der Waals surface area contributed by atoms with Crippen molar-refractivity contribution in [1.82, 2.24) is 14.5 Å². The molecule has 7 nitrogen and oxygen atoms in total. The molecule has 0 aliphatic carbocycles. The minimum absolute atomic E-state index is 0.194. The van der Waals surface area contributed by atoms with E-state index in [2.05, 4.69) is 37.3 Å². The van der Waals surface area contributed by atoms with Crippen molar-refractivity contribution in [2.45, 2.75) is 6.54 Å². The standard InChI is InChI=1S/C9H10IN5O2/c10-5-3-15(1-2-17-9(12)16)8-6(5)7(11)13-4-14-8/h3-4H,1-2H2,(H2,12,16)(H2,11,13,14). The quantitative estimate of drug-likeness (QED) is 0.795. The number of nitrogens with two attached hydrogens (primary N) is 2. The summed E-state index contributed by atoms with van der Waals surface area (Å²) < 4.78 is 7.47. The summed E-state index contributed by atoms with van der Waals surface area (Å²) in [5.74, 6) is 0.439. The number of fused-ring (bicyclic) bond motifs is 1. The summed E-state index contributed by atoms with van der Waals surface area (Å²) in [6.45, 7) is 0.665. The van der Waals surface area contributed by atoms with Crippen LogP contribution >= 0.6 is 22.6 Å². The van der Waals surface area contributed by atoms with Crippen LogP contribution in [-0.2, 0) is 11.3 Å². The molecule has 0 saturated heterocycles. The molecule has 90 valence electrons. The van der Waals surface area contributed by atoms with E-state index in [0.29, 0.717) is 12.4 Å². The Labute approximate surface area is 110 Å². The molecular formula is C9H10IN5O2. The Morgan fingerprint density at radius 3 is 3.00 bits per heavy atom. The second-order valence-corrected chi connectivity index (χ2v) is 4.46. The number of amides is 1. The first-order valence-corrected chi connectivity index (χ1v) is 5.84. The number of hydrogen-bond acceptors (Lipinski definition) is 5. The summed E-state index contributed by atoms with van der Waals surface area (Å²) in [5, 5.41) is 0.812. The average molecular weight is 347 g/mol. The number of nitrogens with zero attached hydrogens (tertiary/aromatic N) is 3. The van der Waals surface area contributed by atoms with Crippen molar-refractivity contribution in [2.24, 2.45) is 5.73 Å². The molecule has 17 heavy (non-hydrogen) atoms. The summed E-state index contributed by atoms with van der Waals surface area (Å²) >= 11 is 2.16. The third kappa shape index (κ3) is 2.40. The van der Waals surface area contributed by atoms with Crippen molar-refractivity contribution < 1.29 is 9.53 Å². The van der Waals surface area contributed by atoms with Crippen molar-refractivity contribution in [3.05, 3.63) is 16.1 Å². The zero-order chi connectivity index (χ0) is 12.4. The second kappa shape index (κ2) is 4.73. The molecule has 2 heterocycles. The Morgan fingerprint density at radius 2 is 2.29 bits per heavy atom. The lowest BCUT2D eigenvalue weighted by Gasteiger charge is -2.04. The zero-order valence-corrected chi connectivity index (χ0v) is 10.9.